The highest BCUT2D eigenvalue weighted by Gasteiger charge is 2.17. The molecule has 1 rings (SSSR count). The fourth-order valence-corrected chi connectivity index (χ4v) is 2.15. The highest BCUT2D eigenvalue weighted by Crippen LogP contribution is 2.12. The molecule has 0 fully saturated rings. The smallest absolute Gasteiger partial charge is 0.177 e. The molecule has 82 valence electrons. The maximum absolute atomic E-state index is 11.9. The highest BCUT2D eigenvalue weighted by molar-refractivity contribution is 9.10. The SMILES string of the molecule is Cc1ccc(C(=O)C(Br)CN(C)C)cc1. The molecule has 0 spiro atoms. The number of carbonyl (C=O) groups is 1. The number of hydrogen-bond acceptors (Lipinski definition) is 2. The van der Waals surface area contributed by atoms with Crippen LogP contribution in [-0.4, -0.2) is 36.2 Å². The second-order valence-electron chi connectivity index (χ2n) is 3.96. The summed E-state index contributed by atoms with van der Waals surface area (Å²) >= 11 is 3.41. The summed E-state index contributed by atoms with van der Waals surface area (Å²) in [5.41, 5.74) is 1.94. The zero-order valence-corrected chi connectivity index (χ0v) is 10.9. The summed E-state index contributed by atoms with van der Waals surface area (Å²) in [5.74, 6) is 0.142. The average molecular weight is 270 g/mol. The zero-order chi connectivity index (χ0) is 11.4. The molecule has 1 atom stereocenters. The molecule has 0 aliphatic carbocycles. The number of ketones is 1. The molecule has 1 unspecified atom stereocenters. The minimum absolute atomic E-state index is 0.129. The van der Waals surface area contributed by atoms with Gasteiger partial charge in [0.1, 0.15) is 0 Å². The number of benzene rings is 1. The Hall–Kier alpha value is -0.670. The van der Waals surface area contributed by atoms with Gasteiger partial charge in [-0.25, -0.2) is 0 Å². The largest absolute Gasteiger partial charge is 0.308 e. The topological polar surface area (TPSA) is 20.3 Å². The Morgan fingerprint density at radius 3 is 2.33 bits per heavy atom. The van der Waals surface area contributed by atoms with E-state index in [0.29, 0.717) is 6.54 Å². The lowest BCUT2D eigenvalue weighted by atomic mass is 10.1. The third-order valence-electron chi connectivity index (χ3n) is 2.15. The van der Waals surface area contributed by atoms with Crippen LogP contribution in [0.15, 0.2) is 24.3 Å². The van der Waals surface area contributed by atoms with E-state index in [9.17, 15) is 4.79 Å². The normalized spacial score (nSPS) is 12.9. The molecule has 0 radical (unpaired) electrons. The molecule has 1 aromatic rings. The van der Waals surface area contributed by atoms with Crippen molar-refractivity contribution in [2.45, 2.75) is 11.8 Å². The molecule has 0 aliphatic rings. The van der Waals surface area contributed by atoms with E-state index in [0.717, 1.165) is 5.56 Å². The Bertz CT molecular complexity index is 332. The van der Waals surface area contributed by atoms with E-state index < -0.39 is 0 Å². The van der Waals surface area contributed by atoms with Crippen molar-refractivity contribution < 1.29 is 4.79 Å². The Labute approximate surface area is 99.4 Å². The Morgan fingerprint density at radius 1 is 1.33 bits per heavy atom. The van der Waals surface area contributed by atoms with Gasteiger partial charge in [-0.1, -0.05) is 45.8 Å². The van der Waals surface area contributed by atoms with Gasteiger partial charge in [-0.3, -0.25) is 4.79 Å². The summed E-state index contributed by atoms with van der Waals surface area (Å²) in [5, 5.41) is 0. The molecular weight excluding hydrogens is 254 g/mol. The van der Waals surface area contributed by atoms with Crippen molar-refractivity contribution in [2.24, 2.45) is 0 Å². The van der Waals surface area contributed by atoms with Crippen molar-refractivity contribution >= 4 is 21.7 Å². The van der Waals surface area contributed by atoms with Gasteiger partial charge in [0, 0.05) is 12.1 Å². The van der Waals surface area contributed by atoms with Crippen LogP contribution in [0.2, 0.25) is 0 Å². The Kier molecular flexibility index (Phi) is 4.48. The number of Topliss-reactive ketones (excluding diaryl/α,β-unsaturated/α-hetero) is 1. The maximum atomic E-state index is 11.9. The lowest BCUT2D eigenvalue weighted by molar-refractivity contribution is 0.0982. The van der Waals surface area contributed by atoms with E-state index in [1.807, 2.05) is 50.2 Å². The molecule has 0 saturated carbocycles. The van der Waals surface area contributed by atoms with Crippen LogP contribution in [0.1, 0.15) is 15.9 Å². The molecule has 0 amide bonds. The zero-order valence-electron chi connectivity index (χ0n) is 9.33. The van der Waals surface area contributed by atoms with Gasteiger partial charge in [-0.15, -0.1) is 0 Å². The van der Waals surface area contributed by atoms with E-state index in [1.54, 1.807) is 0 Å². The summed E-state index contributed by atoms with van der Waals surface area (Å²) in [6, 6.07) is 7.68. The van der Waals surface area contributed by atoms with Crippen molar-refractivity contribution in [1.29, 1.82) is 0 Å². The summed E-state index contributed by atoms with van der Waals surface area (Å²) in [6.45, 7) is 2.73. The van der Waals surface area contributed by atoms with Gasteiger partial charge in [0.15, 0.2) is 5.78 Å². The van der Waals surface area contributed by atoms with Gasteiger partial charge >= 0.3 is 0 Å². The predicted molar refractivity (Wildman–Crippen MR) is 66.8 cm³/mol. The van der Waals surface area contributed by atoms with Crippen molar-refractivity contribution in [1.82, 2.24) is 4.90 Å². The van der Waals surface area contributed by atoms with Crippen molar-refractivity contribution in [2.75, 3.05) is 20.6 Å². The fourth-order valence-electron chi connectivity index (χ4n) is 1.30. The van der Waals surface area contributed by atoms with Crippen LogP contribution in [0.4, 0.5) is 0 Å². The fraction of sp³-hybridized carbons (Fsp3) is 0.417. The first-order valence-corrected chi connectivity index (χ1v) is 5.82. The van der Waals surface area contributed by atoms with Gasteiger partial charge in [0.2, 0.25) is 0 Å². The Balaban J connectivity index is 2.72. The minimum Gasteiger partial charge on any atom is -0.308 e. The number of rotatable bonds is 4. The molecule has 3 heteroatoms. The van der Waals surface area contributed by atoms with Crippen molar-refractivity contribution in [3.05, 3.63) is 35.4 Å². The molecular formula is C12H16BrNO. The maximum Gasteiger partial charge on any atom is 0.177 e. The van der Waals surface area contributed by atoms with E-state index in [-0.39, 0.29) is 10.6 Å². The first kappa shape index (κ1) is 12.4. The van der Waals surface area contributed by atoms with Crippen LogP contribution < -0.4 is 0 Å². The first-order chi connectivity index (χ1) is 7.00. The van der Waals surface area contributed by atoms with Crippen LogP contribution in [0.3, 0.4) is 0 Å². The first-order valence-electron chi connectivity index (χ1n) is 4.90. The molecule has 0 bridgehead atoms. The third-order valence-corrected chi connectivity index (χ3v) is 2.85. The number of carbonyl (C=O) groups excluding carboxylic acids is 1. The van der Waals surface area contributed by atoms with Gasteiger partial charge in [0.05, 0.1) is 4.83 Å². The Morgan fingerprint density at radius 2 is 1.87 bits per heavy atom. The minimum atomic E-state index is -0.129. The summed E-state index contributed by atoms with van der Waals surface area (Å²) in [4.78, 5) is 13.8. The second-order valence-corrected chi connectivity index (χ2v) is 5.07. The van der Waals surface area contributed by atoms with E-state index in [4.69, 9.17) is 0 Å². The molecule has 0 aromatic heterocycles. The van der Waals surface area contributed by atoms with Crippen molar-refractivity contribution in [3.63, 3.8) is 0 Å². The average Bonchev–Trinajstić information content (AvgIpc) is 2.17. The summed E-state index contributed by atoms with van der Waals surface area (Å²) < 4.78 is 0. The number of alkyl halides is 1. The standard InChI is InChI=1S/C12H16BrNO/c1-9-4-6-10(7-5-9)12(15)11(13)8-14(2)3/h4-7,11H,8H2,1-3H3. The second kappa shape index (κ2) is 5.42. The lowest BCUT2D eigenvalue weighted by Gasteiger charge is -2.14. The molecule has 1 aromatic carbocycles. The van der Waals surface area contributed by atoms with Gasteiger partial charge in [-0.2, -0.15) is 0 Å². The molecule has 0 aliphatic heterocycles. The third kappa shape index (κ3) is 3.76. The number of hydrogen-bond donors (Lipinski definition) is 0. The number of aryl methyl sites for hydroxylation is 1. The predicted octanol–water partition coefficient (Wildman–Crippen LogP) is 2.50. The number of nitrogens with zero attached hydrogens (tertiary/aromatic N) is 1. The van der Waals surface area contributed by atoms with Crippen LogP contribution in [0.25, 0.3) is 0 Å². The van der Waals surface area contributed by atoms with Crippen LogP contribution in [-0.2, 0) is 0 Å². The molecule has 0 saturated heterocycles. The number of halogens is 1. The van der Waals surface area contributed by atoms with Gasteiger partial charge in [0.25, 0.3) is 0 Å². The molecule has 15 heavy (non-hydrogen) atoms. The lowest BCUT2D eigenvalue weighted by Crippen LogP contribution is -2.28. The van der Waals surface area contributed by atoms with E-state index in [2.05, 4.69) is 15.9 Å². The molecule has 0 N–H and O–H groups in total. The van der Waals surface area contributed by atoms with Gasteiger partial charge < -0.3 is 4.90 Å². The van der Waals surface area contributed by atoms with Crippen LogP contribution in [0.5, 0.6) is 0 Å². The van der Waals surface area contributed by atoms with Crippen LogP contribution >= 0.6 is 15.9 Å². The molecule has 0 heterocycles. The van der Waals surface area contributed by atoms with E-state index >= 15 is 0 Å². The highest BCUT2D eigenvalue weighted by atomic mass is 79.9. The molecule has 2 nitrogen and oxygen atoms in total. The summed E-state index contributed by atoms with van der Waals surface area (Å²) in [7, 11) is 3.91. The van der Waals surface area contributed by atoms with Crippen LogP contribution in [0, 0.1) is 6.92 Å². The quantitative estimate of drug-likeness (QED) is 0.619. The van der Waals surface area contributed by atoms with Gasteiger partial charge in [-0.05, 0) is 21.0 Å². The van der Waals surface area contributed by atoms with Crippen molar-refractivity contribution in [3.8, 4) is 0 Å². The monoisotopic (exact) mass is 269 g/mol. The van der Waals surface area contributed by atoms with E-state index in [1.165, 1.54) is 5.56 Å². The summed E-state index contributed by atoms with van der Waals surface area (Å²) in [6.07, 6.45) is 0.